The van der Waals surface area contributed by atoms with Crippen molar-refractivity contribution < 1.29 is 29.7 Å². The van der Waals surface area contributed by atoms with Gasteiger partial charge in [0.2, 0.25) is 0 Å². The molecular weight excluding hydrogens is 202 g/mol. The highest BCUT2D eigenvalue weighted by Crippen LogP contribution is 2.07. The highest BCUT2D eigenvalue weighted by atomic mass is 16.4. The van der Waals surface area contributed by atoms with Crippen LogP contribution in [0.25, 0.3) is 0 Å². The SMILES string of the molecule is O=C([O-])CC[N+](CCO)(CCO)CCO. The molecule has 0 fully saturated rings. The summed E-state index contributed by atoms with van der Waals surface area (Å²) in [4.78, 5) is 10.4. The van der Waals surface area contributed by atoms with Gasteiger partial charge in [-0.2, -0.15) is 0 Å². The minimum atomic E-state index is -1.16. The van der Waals surface area contributed by atoms with Crippen molar-refractivity contribution in [2.45, 2.75) is 6.42 Å². The van der Waals surface area contributed by atoms with Gasteiger partial charge in [0.25, 0.3) is 0 Å². The van der Waals surface area contributed by atoms with Gasteiger partial charge in [0.15, 0.2) is 0 Å². The van der Waals surface area contributed by atoms with E-state index in [4.69, 9.17) is 15.3 Å². The number of hydrogen-bond donors (Lipinski definition) is 3. The molecule has 90 valence electrons. The maximum absolute atomic E-state index is 10.4. The first-order valence-corrected chi connectivity index (χ1v) is 4.98. The molecule has 0 aliphatic heterocycles. The first-order valence-electron chi connectivity index (χ1n) is 4.98. The fourth-order valence-corrected chi connectivity index (χ4v) is 1.64. The van der Waals surface area contributed by atoms with Gasteiger partial charge in [-0.05, 0) is 0 Å². The van der Waals surface area contributed by atoms with Crippen LogP contribution in [0.2, 0.25) is 0 Å². The predicted molar refractivity (Wildman–Crippen MR) is 50.6 cm³/mol. The summed E-state index contributed by atoms with van der Waals surface area (Å²) in [6.45, 7) is 0.925. The van der Waals surface area contributed by atoms with Crippen LogP contribution in [0, 0.1) is 0 Å². The molecule has 0 heterocycles. The molecule has 0 atom stereocenters. The van der Waals surface area contributed by atoms with Crippen molar-refractivity contribution >= 4 is 5.97 Å². The Hall–Kier alpha value is -0.690. The molecule has 0 radical (unpaired) electrons. The lowest BCUT2D eigenvalue weighted by atomic mass is 10.2. The zero-order chi connectivity index (χ0) is 11.7. The van der Waals surface area contributed by atoms with E-state index < -0.39 is 5.97 Å². The van der Waals surface area contributed by atoms with Crippen molar-refractivity contribution in [3.8, 4) is 0 Å². The number of carbonyl (C=O) groups is 1. The van der Waals surface area contributed by atoms with E-state index in [2.05, 4.69) is 0 Å². The van der Waals surface area contributed by atoms with Gasteiger partial charge in [-0.1, -0.05) is 0 Å². The van der Waals surface area contributed by atoms with E-state index in [0.29, 0.717) is 19.6 Å². The summed E-state index contributed by atoms with van der Waals surface area (Å²) in [6.07, 6.45) is -0.139. The molecular formula is C9H19NO5. The number of carbonyl (C=O) groups excluding carboxylic acids is 1. The quantitative estimate of drug-likeness (QED) is 0.358. The summed E-state index contributed by atoms with van der Waals surface area (Å²) < 4.78 is 0.206. The average molecular weight is 221 g/mol. The molecule has 0 spiro atoms. The molecule has 15 heavy (non-hydrogen) atoms. The first kappa shape index (κ1) is 14.3. The van der Waals surface area contributed by atoms with E-state index >= 15 is 0 Å². The lowest BCUT2D eigenvalue weighted by Crippen LogP contribution is -2.54. The van der Waals surface area contributed by atoms with Crippen LogP contribution < -0.4 is 5.11 Å². The van der Waals surface area contributed by atoms with Crippen molar-refractivity contribution in [2.75, 3.05) is 46.0 Å². The van der Waals surface area contributed by atoms with Crippen molar-refractivity contribution in [1.29, 1.82) is 0 Å². The van der Waals surface area contributed by atoms with Gasteiger partial charge in [0.1, 0.15) is 19.6 Å². The number of aliphatic hydroxyl groups excluding tert-OH is 3. The van der Waals surface area contributed by atoms with Gasteiger partial charge in [-0.3, -0.25) is 0 Å². The Bertz CT molecular complexity index is 168. The van der Waals surface area contributed by atoms with E-state index in [1.807, 2.05) is 0 Å². The van der Waals surface area contributed by atoms with Gasteiger partial charge in [-0.15, -0.1) is 0 Å². The molecule has 0 aliphatic rings. The summed E-state index contributed by atoms with van der Waals surface area (Å²) in [7, 11) is 0. The van der Waals surface area contributed by atoms with E-state index in [-0.39, 0.29) is 37.3 Å². The second kappa shape index (κ2) is 7.58. The highest BCUT2D eigenvalue weighted by molar-refractivity contribution is 5.64. The normalized spacial score (nSPS) is 11.7. The Morgan fingerprint density at radius 1 is 0.933 bits per heavy atom. The highest BCUT2D eigenvalue weighted by Gasteiger charge is 2.25. The Morgan fingerprint density at radius 3 is 1.60 bits per heavy atom. The summed E-state index contributed by atoms with van der Waals surface area (Å²) in [6, 6.07) is 0. The maximum Gasteiger partial charge on any atom is 0.102 e. The average Bonchev–Trinajstić information content (AvgIpc) is 2.16. The van der Waals surface area contributed by atoms with Crippen LogP contribution in [0.3, 0.4) is 0 Å². The Kier molecular flexibility index (Phi) is 7.23. The number of aliphatic carboxylic acids is 1. The fourth-order valence-electron chi connectivity index (χ4n) is 1.64. The first-order chi connectivity index (χ1) is 7.10. The van der Waals surface area contributed by atoms with Gasteiger partial charge < -0.3 is 29.7 Å². The third-order valence-corrected chi connectivity index (χ3v) is 2.51. The van der Waals surface area contributed by atoms with Crippen LogP contribution >= 0.6 is 0 Å². The number of hydrogen-bond acceptors (Lipinski definition) is 5. The third kappa shape index (κ3) is 5.68. The molecule has 0 aromatic rings. The summed E-state index contributed by atoms with van der Waals surface area (Å²) in [5.41, 5.74) is 0. The fraction of sp³-hybridized carbons (Fsp3) is 0.889. The third-order valence-electron chi connectivity index (χ3n) is 2.51. The smallest absolute Gasteiger partial charge is 0.102 e. The second-order valence-corrected chi connectivity index (χ2v) is 3.53. The molecule has 0 amide bonds. The number of carboxylic acids is 1. The molecule has 0 aromatic carbocycles. The van der Waals surface area contributed by atoms with E-state index in [1.165, 1.54) is 0 Å². The number of quaternary nitrogens is 1. The molecule has 0 aromatic heterocycles. The Morgan fingerprint density at radius 2 is 1.33 bits per heavy atom. The topological polar surface area (TPSA) is 101 Å². The minimum Gasteiger partial charge on any atom is -0.550 e. The molecule has 0 unspecified atom stereocenters. The molecule has 0 bridgehead atoms. The monoisotopic (exact) mass is 221 g/mol. The molecule has 6 nitrogen and oxygen atoms in total. The Labute approximate surface area is 89.0 Å². The Balaban J connectivity index is 4.37. The second-order valence-electron chi connectivity index (χ2n) is 3.53. The van der Waals surface area contributed by atoms with Gasteiger partial charge in [-0.25, -0.2) is 0 Å². The lowest BCUT2D eigenvalue weighted by Gasteiger charge is -2.37. The van der Waals surface area contributed by atoms with Crippen molar-refractivity contribution in [2.24, 2.45) is 0 Å². The molecule has 3 N–H and O–H groups in total. The predicted octanol–water partition coefficient (Wildman–Crippen LogP) is -3.08. The number of nitrogens with zero attached hydrogens (tertiary/aromatic N) is 1. The van der Waals surface area contributed by atoms with Crippen LogP contribution in [0.4, 0.5) is 0 Å². The standard InChI is InChI=1S/C9H19NO5/c11-6-3-10(4-7-12,5-8-13)2-1-9(14)15/h11-13H,1-8H2. The van der Waals surface area contributed by atoms with Crippen LogP contribution in [0.15, 0.2) is 0 Å². The summed E-state index contributed by atoms with van der Waals surface area (Å²) in [5, 5.41) is 37.0. The minimum absolute atomic E-state index is 0.104. The van der Waals surface area contributed by atoms with Gasteiger partial charge >= 0.3 is 0 Å². The van der Waals surface area contributed by atoms with Crippen molar-refractivity contribution in [1.82, 2.24) is 0 Å². The van der Waals surface area contributed by atoms with Crippen molar-refractivity contribution in [3.63, 3.8) is 0 Å². The number of aliphatic hydroxyl groups is 3. The zero-order valence-corrected chi connectivity index (χ0v) is 8.76. The van der Waals surface area contributed by atoms with Crippen LogP contribution in [0.5, 0.6) is 0 Å². The maximum atomic E-state index is 10.4. The van der Waals surface area contributed by atoms with E-state index in [9.17, 15) is 9.90 Å². The van der Waals surface area contributed by atoms with E-state index in [1.54, 1.807) is 0 Å². The number of rotatable bonds is 9. The molecule has 6 heteroatoms. The molecule has 0 aliphatic carbocycles. The molecule has 0 saturated heterocycles. The van der Waals surface area contributed by atoms with Crippen molar-refractivity contribution in [3.05, 3.63) is 0 Å². The largest absolute Gasteiger partial charge is 0.550 e. The zero-order valence-electron chi connectivity index (χ0n) is 8.76. The summed E-state index contributed by atoms with van der Waals surface area (Å²) >= 11 is 0. The van der Waals surface area contributed by atoms with Crippen LogP contribution in [-0.4, -0.2) is 71.8 Å². The molecule has 0 saturated carbocycles. The van der Waals surface area contributed by atoms with Gasteiger partial charge in [0, 0.05) is 12.4 Å². The van der Waals surface area contributed by atoms with Gasteiger partial charge in [0.05, 0.1) is 26.4 Å². The van der Waals surface area contributed by atoms with E-state index in [0.717, 1.165) is 0 Å². The van der Waals surface area contributed by atoms with Crippen LogP contribution in [-0.2, 0) is 4.79 Å². The number of carboxylic acid groups (broad SMARTS) is 1. The summed E-state index contributed by atoms with van der Waals surface area (Å²) in [5.74, 6) is -1.16. The lowest BCUT2D eigenvalue weighted by molar-refractivity contribution is -0.928. The van der Waals surface area contributed by atoms with Crippen LogP contribution in [0.1, 0.15) is 6.42 Å². The molecule has 0 rings (SSSR count).